The van der Waals surface area contributed by atoms with E-state index in [4.69, 9.17) is 5.73 Å². The van der Waals surface area contributed by atoms with Crippen LogP contribution in [-0.2, 0) is 4.79 Å². The molecular formula is C14H19N5O2. The molecule has 0 aliphatic rings. The Balaban J connectivity index is 2.18. The first-order valence-corrected chi connectivity index (χ1v) is 6.67. The Hall–Kier alpha value is -2.57. The summed E-state index contributed by atoms with van der Waals surface area (Å²) in [5.74, 6) is -0.536. The number of aromatic nitrogens is 2. The van der Waals surface area contributed by atoms with Crippen molar-refractivity contribution in [1.29, 1.82) is 0 Å². The number of aromatic amines is 1. The molecule has 7 nitrogen and oxygen atoms in total. The topological polar surface area (TPSA) is 104 Å². The maximum atomic E-state index is 12.4. The van der Waals surface area contributed by atoms with Crippen molar-refractivity contribution in [2.24, 2.45) is 0 Å². The van der Waals surface area contributed by atoms with Gasteiger partial charge in [0.25, 0.3) is 5.91 Å². The number of nitrogen functional groups attached to an aromatic ring is 1. The summed E-state index contributed by atoms with van der Waals surface area (Å²) in [6.07, 6.45) is 0. The van der Waals surface area contributed by atoms with E-state index in [2.05, 4.69) is 15.5 Å². The highest BCUT2D eigenvalue weighted by Gasteiger charge is 2.20. The van der Waals surface area contributed by atoms with Gasteiger partial charge in [0.1, 0.15) is 0 Å². The maximum Gasteiger partial charge on any atom is 0.275 e. The van der Waals surface area contributed by atoms with Crippen LogP contribution in [-0.4, -0.2) is 46.5 Å². The van der Waals surface area contributed by atoms with Crippen LogP contribution in [0.1, 0.15) is 24.3 Å². The van der Waals surface area contributed by atoms with Crippen LogP contribution < -0.4 is 11.1 Å². The van der Waals surface area contributed by atoms with Crippen LogP contribution >= 0.6 is 0 Å². The molecule has 0 atom stereocenters. The number of hydrogen-bond acceptors (Lipinski definition) is 4. The van der Waals surface area contributed by atoms with E-state index in [1.165, 1.54) is 4.90 Å². The van der Waals surface area contributed by atoms with E-state index in [0.717, 1.165) is 5.52 Å². The molecule has 0 aliphatic carbocycles. The highest BCUT2D eigenvalue weighted by atomic mass is 16.2. The van der Waals surface area contributed by atoms with Gasteiger partial charge in [-0.2, -0.15) is 5.10 Å². The number of carbonyl (C=O) groups excluding carboxylic acids is 2. The Labute approximate surface area is 122 Å². The van der Waals surface area contributed by atoms with Gasteiger partial charge >= 0.3 is 0 Å². The van der Waals surface area contributed by atoms with E-state index in [9.17, 15) is 9.59 Å². The zero-order chi connectivity index (χ0) is 15.6. The largest absolute Gasteiger partial charge is 0.399 e. The number of nitrogens with one attached hydrogen (secondary N) is 2. The summed E-state index contributed by atoms with van der Waals surface area (Å²) in [6, 6.07) is 5.22. The molecule has 7 heteroatoms. The SMILES string of the molecule is CC(C)NC(=O)CN(C)C(=O)c1n[nH]c2ccc(N)cc12. The van der Waals surface area contributed by atoms with Crippen LogP contribution in [0.5, 0.6) is 0 Å². The summed E-state index contributed by atoms with van der Waals surface area (Å²) in [7, 11) is 1.56. The second-order valence-corrected chi connectivity index (χ2v) is 5.26. The van der Waals surface area contributed by atoms with E-state index in [1.54, 1.807) is 25.2 Å². The number of hydrogen-bond donors (Lipinski definition) is 3. The summed E-state index contributed by atoms with van der Waals surface area (Å²) in [6.45, 7) is 3.71. The molecule has 112 valence electrons. The molecule has 21 heavy (non-hydrogen) atoms. The van der Waals surface area contributed by atoms with Gasteiger partial charge in [-0.1, -0.05) is 0 Å². The van der Waals surface area contributed by atoms with Gasteiger partial charge in [-0.25, -0.2) is 0 Å². The molecule has 0 bridgehead atoms. The predicted molar refractivity (Wildman–Crippen MR) is 80.7 cm³/mol. The fourth-order valence-electron chi connectivity index (χ4n) is 2.03. The summed E-state index contributed by atoms with van der Waals surface area (Å²) in [5, 5.41) is 10.2. The summed E-state index contributed by atoms with van der Waals surface area (Å²) in [5.41, 5.74) is 7.28. The maximum absolute atomic E-state index is 12.4. The molecule has 2 rings (SSSR count). The highest BCUT2D eigenvalue weighted by molar-refractivity contribution is 6.06. The van der Waals surface area contributed by atoms with Crippen molar-refractivity contribution < 1.29 is 9.59 Å². The van der Waals surface area contributed by atoms with Crippen LogP contribution in [0.4, 0.5) is 5.69 Å². The predicted octanol–water partition coefficient (Wildman–Crippen LogP) is 0.742. The Bertz CT molecular complexity index is 677. The number of nitrogens with two attached hydrogens (primary N) is 1. The van der Waals surface area contributed by atoms with Gasteiger partial charge in [-0.05, 0) is 32.0 Å². The molecule has 0 saturated heterocycles. The molecule has 0 radical (unpaired) electrons. The summed E-state index contributed by atoms with van der Waals surface area (Å²) in [4.78, 5) is 25.4. The minimum atomic E-state index is -0.328. The molecule has 0 aliphatic heterocycles. The van der Waals surface area contributed by atoms with Gasteiger partial charge in [0, 0.05) is 24.2 Å². The molecule has 4 N–H and O–H groups in total. The minimum absolute atomic E-state index is 0.0202. The quantitative estimate of drug-likeness (QED) is 0.722. The summed E-state index contributed by atoms with van der Waals surface area (Å²) >= 11 is 0. The molecule has 1 aromatic heterocycles. The van der Waals surface area contributed by atoms with E-state index in [1.807, 2.05) is 13.8 Å². The molecule has 0 unspecified atom stereocenters. The lowest BCUT2D eigenvalue weighted by molar-refractivity contribution is -0.122. The van der Waals surface area contributed by atoms with E-state index in [-0.39, 0.29) is 30.1 Å². The van der Waals surface area contributed by atoms with E-state index < -0.39 is 0 Å². The fraction of sp³-hybridized carbons (Fsp3) is 0.357. The lowest BCUT2D eigenvalue weighted by atomic mass is 10.2. The number of H-pyrrole nitrogens is 1. The minimum Gasteiger partial charge on any atom is -0.399 e. The average Bonchev–Trinajstić information content (AvgIpc) is 2.79. The van der Waals surface area contributed by atoms with Crippen LogP contribution in [0.2, 0.25) is 0 Å². The Kier molecular flexibility index (Phi) is 4.11. The third-order valence-corrected chi connectivity index (χ3v) is 2.97. The van der Waals surface area contributed by atoms with Crippen molar-refractivity contribution >= 4 is 28.4 Å². The molecule has 1 aromatic carbocycles. The van der Waals surface area contributed by atoms with Crippen LogP contribution in [0.15, 0.2) is 18.2 Å². The number of anilines is 1. The second-order valence-electron chi connectivity index (χ2n) is 5.26. The Morgan fingerprint density at radius 2 is 2.14 bits per heavy atom. The van der Waals surface area contributed by atoms with E-state index in [0.29, 0.717) is 11.1 Å². The van der Waals surface area contributed by atoms with Gasteiger partial charge < -0.3 is 16.0 Å². The lowest BCUT2D eigenvalue weighted by Gasteiger charge is -2.17. The zero-order valence-electron chi connectivity index (χ0n) is 12.3. The van der Waals surface area contributed by atoms with Gasteiger partial charge in [-0.3, -0.25) is 14.7 Å². The zero-order valence-corrected chi connectivity index (χ0v) is 12.3. The van der Waals surface area contributed by atoms with Gasteiger partial charge in [0.15, 0.2) is 5.69 Å². The van der Waals surface area contributed by atoms with Crippen molar-refractivity contribution in [2.45, 2.75) is 19.9 Å². The van der Waals surface area contributed by atoms with Crippen molar-refractivity contribution in [1.82, 2.24) is 20.4 Å². The second kappa shape index (κ2) is 5.82. The number of amides is 2. The third kappa shape index (κ3) is 3.31. The van der Waals surface area contributed by atoms with Gasteiger partial charge in [-0.15, -0.1) is 0 Å². The molecule has 0 fully saturated rings. The third-order valence-electron chi connectivity index (χ3n) is 2.97. The molecule has 0 spiro atoms. The monoisotopic (exact) mass is 289 g/mol. The van der Waals surface area contributed by atoms with Crippen molar-refractivity contribution in [3.63, 3.8) is 0 Å². The highest BCUT2D eigenvalue weighted by Crippen LogP contribution is 2.19. The number of carbonyl (C=O) groups is 2. The van der Waals surface area contributed by atoms with Crippen molar-refractivity contribution in [2.75, 3.05) is 19.3 Å². The lowest BCUT2D eigenvalue weighted by Crippen LogP contribution is -2.41. The van der Waals surface area contributed by atoms with Gasteiger partial charge in [0.05, 0.1) is 12.1 Å². The van der Waals surface area contributed by atoms with Crippen LogP contribution in [0.25, 0.3) is 10.9 Å². The normalized spacial score (nSPS) is 10.9. The smallest absolute Gasteiger partial charge is 0.275 e. The van der Waals surface area contributed by atoms with E-state index >= 15 is 0 Å². The van der Waals surface area contributed by atoms with Crippen LogP contribution in [0.3, 0.4) is 0 Å². The number of likely N-dealkylation sites (N-methyl/N-ethyl adjacent to an activating group) is 1. The molecule has 1 heterocycles. The first-order valence-electron chi connectivity index (χ1n) is 6.67. The fourth-order valence-corrected chi connectivity index (χ4v) is 2.03. The molecular weight excluding hydrogens is 270 g/mol. The summed E-state index contributed by atoms with van der Waals surface area (Å²) < 4.78 is 0. The Morgan fingerprint density at radius 3 is 2.81 bits per heavy atom. The van der Waals surface area contributed by atoms with Crippen LogP contribution in [0, 0.1) is 0 Å². The first kappa shape index (κ1) is 14.8. The number of rotatable bonds is 4. The molecule has 2 amide bonds. The first-order chi connectivity index (χ1) is 9.88. The number of benzene rings is 1. The number of nitrogens with zero attached hydrogens (tertiary/aromatic N) is 2. The standard InChI is InChI=1S/C14H19N5O2/c1-8(2)16-12(20)7-19(3)14(21)13-10-6-9(15)4-5-11(10)17-18-13/h4-6,8H,7,15H2,1-3H3,(H,16,20)(H,17,18). The Morgan fingerprint density at radius 1 is 1.43 bits per heavy atom. The van der Waals surface area contributed by atoms with Gasteiger partial charge in [0.2, 0.25) is 5.91 Å². The average molecular weight is 289 g/mol. The van der Waals surface area contributed by atoms with Crippen molar-refractivity contribution in [3.05, 3.63) is 23.9 Å². The molecule has 0 saturated carbocycles. The van der Waals surface area contributed by atoms with Crippen molar-refractivity contribution in [3.8, 4) is 0 Å². The number of fused-ring (bicyclic) bond motifs is 1. The molecule has 2 aromatic rings.